The average molecular weight is 194 g/mol. The molecule has 13 heavy (non-hydrogen) atoms. The van der Waals surface area contributed by atoms with E-state index in [0.717, 1.165) is 0 Å². The van der Waals surface area contributed by atoms with Crippen LogP contribution in [0.25, 0.3) is 0 Å². The normalized spacial score (nSPS) is 9.15. The van der Waals surface area contributed by atoms with Crippen molar-refractivity contribution in [2.24, 2.45) is 0 Å². The Morgan fingerprint density at radius 2 is 2.23 bits per heavy atom. The highest BCUT2D eigenvalue weighted by Crippen LogP contribution is 2.10. The minimum Gasteiger partial charge on any atom is -0.205 e. The minimum atomic E-state index is -0.214. The molecule has 0 N–H and O–H groups in total. The van der Waals surface area contributed by atoms with E-state index in [9.17, 15) is 4.39 Å². The lowest BCUT2D eigenvalue weighted by molar-refractivity contribution is 0.615. The summed E-state index contributed by atoms with van der Waals surface area (Å²) >= 11 is 4.02. The van der Waals surface area contributed by atoms with Gasteiger partial charge in [0.25, 0.3) is 0 Å². The number of halogens is 1. The minimum absolute atomic E-state index is 0.214. The van der Waals surface area contributed by atoms with Crippen LogP contribution in [0.5, 0.6) is 0 Å². The van der Waals surface area contributed by atoms with Gasteiger partial charge in [0, 0.05) is 12.2 Å². The van der Waals surface area contributed by atoms with Crippen molar-refractivity contribution in [2.45, 2.75) is 13.3 Å². The van der Waals surface area contributed by atoms with E-state index in [2.05, 4.69) is 24.5 Å². The van der Waals surface area contributed by atoms with E-state index in [1.165, 1.54) is 0 Å². The van der Waals surface area contributed by atoms with Crippen LogP contribution in [0.2, 0.25) is 0 Å². The summed E-state index contributed by atoms with van der Waals surface area (Å²) in [6, 6.07) is 5.23. The molecule has 0 amide bonds. The van der Waals surface area contributed by atoms with Gasteiger partial charge >= 0.3 is 0 Å². The molecule has 0 spiro atoms. The molecule has 0 heterocycles. The first kappa shape index (κ1) is 10.1. The highest BCUT2D eigenvalue weighted by atomic mass is 32.1. The Hall–Kier alpha value is -0.940. The summed E-state index contributed by atoms with van der Waals surface area (Å²) in [7, 11) is 0. The van der Waals surface area contributed by atoms with Crippen LogP contribution in [0.3, 0.4) is 0 Å². The average Bonchev–Trinajstić information content (AvgIpc) is 2.13. The highest BCUT2D eigenvalue weighted by molar-refractivity contribution is 7.80. The van der Waals surface area contributed by atoms with Crippen LogP contribution in [-0.4, -0.2) is 5.75 Å². The van der Waals surface area contributed by atoms with Crippen molar-refractivity contribution in [1.82, 2.24) is 0 Å². The van der Waals surface area contributed by atoms with Gasteiger partial charge in [-0.2, -0.15) is 12.6 Å². The van der Waals surface area contributed by atoms with Crippen molar-refractivity contribution >= 4 is 12.6 Å². The quantitative estimate of drug-likeness (QED) is 0.516. The largest absolute Gasteiger partial charge is 0.205 e. The molecule has 1 rings (SSSR count). The van der Waals surface area contributed by atoms with Crippen LogP contribution in [0, 0.1) is 24.6 Å². The number of benzene rings is 1. The summed E-state index contributed by atoms with van der Waals surface area (Å²) in [6.45, 7) is 1.74. The van der Waals surface area contributed by atoms with Crippen LogP contribution < -0.4 is 0 Å². The van der Waals surface area contributed by atoms with Crippen LogP contribution in [-0.2, 0) is 0 Å². The first-order chi connectivity index (χ1) is 6.25. The Labute approximate surface area is 83.6 Å². The van der Waals surface area contributed by atoms with Gasteiger partial charge in [-0.25, -0.2) is 4.39 Å². The monoisotopic (exact) mass is 194 g/mol. The molecular formula is C11H11FS. The third kappa shape index (κ3) is 2.78. The van der Waals surface area contributed by atoms with Crippen LogP contribution in [0.4, 0.5) is 4.39 Å². The zero-order valence-corrected chi connectivity index (χ0v) is 8.37. The van der Waals surface area contributed by atoms with E-state index in [0.29, 0.717) is 23.3 Å². The van der Waals surface area contributed by atoms with Gasteiger partial charge in [0.15, 0.2) is 0 Å². The Kier molecular flexibility index (Phi) is 3.85. The molecule has 0 atom stereocenters. The van der Waals surface area contributed by atoms with Crippen molar-refractivity contribution in [1.29, 1.82) is 0 Å². The molecule has 0 aromatic heterocycles. The molecule has 1 aromatic carbocycles. The second-order valence-corrected chi connectivity index (χ2v) is 3.16. The van der Waals surface area contributed by atoms with Crippen molar-refractivity contribution < 1.29 is 4.39 Å². The molecule has 1 aromatic rings. The Morgan fingerprint density at radius 1 is 1.46 bits per heavy atom. The number of thiol groups is 1. The zero-order valence-electron chi connectivity index (χ0n) is 7.47. The van der Waals surface area contributed by atoms with Crippen molar-refractivity contribution in [2.75, 3.05) is 5.75 Å². The smallest absolute Gasteiger partial charge is 0.141 e. The predicted octanol–water partition coefficient (Wildman–Crippen LogP) is 2.81. The van der Waals surface area contributed by atoms with Crippen LogP contribution in [0.1, 0.15) is 17.5 Å². The molecule has 0 unspecified atom stereocenters. The third-order valence-corrected chi connectivity index (χ3v) is 1.88. The summed E-state index contributed by atoms with van der Waals surface area (Å²) in [4.78, 5) is 0. The number of hydrogen-bond acceptors (Lipinski definition) is 1. The first-order valence-corrected chi connectivity index (χ1v) is 4.74. The Balaban J connectivity index is 2.91. The fourth-order valence-corrected chi connectivity index (χ4v) is 1.07. The molecule has 2 heteroatoms. The molecule has 0 bridgehead atoms. The zero-order chi connectivity index (χ0) is 9.68. The van der Waals surface area contributed by atoms with E-state index in [1.54, 1.807) is 19.1 Å². The SMILES string of the molecule is Cc1cccc(C#CCCS)c1F. The second kappa shape index (κ2) is 4.94. The second-order valence-electron chi connectivity index (χ2n) is 2.71. The van der Waals surface area contributed by atoms with E-state index >= 15 is 0 Å². The summed E-state index contributed by atoms with van der Waals surface area (Å²) in [5.74, 6) is 6.13. The molecule has 0 aliphatic carbocycles. The fraction of sp³-hybridized carbons (Fsp3) is 0.273. The Bertz CT molecular complexity index is 347. The van der Waals surface area contributed by atoms with E-state index < -0.39 is 0 Å². The highest BCUT2D eigenvalue weighted by Gasteiger charge is 2.00. The van der Waals surface area contributed by atoms with Gasteiger partial charge in [0.1, 0.15) is 5.82 Å². The number of aryl methyl sites for hydroxylation is 1. The molecule has 0 fully saturated rings. The number of rotatable bonds is 1. The molecule has 0 aliphatic heterocycles. The Morgan fingerprint density at radius 3 is 2.92 bits per heavy atom. The molecule has 68 valence electrons. The lowest BCUT2D eigenvalue weighted by atomic mass is 10.1. The van der Waals surface area contributed by atoms with E-state index in [1.807, 2.05) is 6.07 Å². The van der Waals surface area contributed by atoms with Gasteiger partial charge in [-0.15, -0.1) is 0 Å². The molecule has 0 saturated carbocycles. The summed E-state index contributed by atoms with van der Waals surface area (Å²) in [5.41, 5.74) is 1.11. The van der Waals surface area contributed by atoms with Crippen molar-refractivity contribution in [3.05, 3.63) is 35.1 Å². The van der Waals surface area contributed by atoms with Gasteiger partial charge in [0.05, 0.1) is 5.56 Å². The lowest BCUT2D eigenvalue weighted by Gasteiger charge is -1.96. The molecule has 0 aliphatic rings. The van der Waals surface area contributed by atoms with Gasteiger partial charge in [-0.1, -0.05) is 24.0 Å². The van der Waals surface area contributed by atoms with Gasteiger partial charge in [-0.3, -0.25) is 0 Å². The molecular weight excluding hydrogens is 183 g/mol. The van der Waals surface area contributed by atoms with E-state index in [4.69, 9.17) is 0 Å². The molecule has 0 saturated heterocycles. The first-order valence-electron chi connectivity index (χ1n) is 4.10. The maximum atomic E-state index is 13.3. The van der Waals surface area contributed by atoms with E-state index in [-0.39, 0.29) is 5.82 Å². The summed E-state index contributed by atoms with van der Waals surface area (Å²) in [5, 5.41) is 0. The summed E-state index contributed by atoms with van der Waals surface area (Å²) < 4.78 is 13.3. The van der Waals surface area contributed by atoms with Crippen molar-refractivity contribution in [3.63, 3.8) is 0 Å². The topological polar surface area (TPSA) is 0 Å². The fourth-order valence-electron chi connectivity index (χ4n) is 0.958. The molecule has 0 nitrogen and oxygen atoms in total. The lowest BCUT2D eigenvalue weighted by Crippen LogP contribution is -1.87. The van der Waals surface area contributed by atoms with Gasteiger partial charge in [0.2, 0.25) is 0 Å². The number of hydrogen-bond donors (Lipinski definition) is 1. The van der Waals surface area contributed by atoms with Gasteiger partial charge < -0.3 is 0 Å². The predicted molar refractivity (Wildman–Crippen MR) is 56.5 cm³/mol. The van der Waals surface area contributed by atoms with Gasteiger partial charge in [-0.05, 0) is 18.6 Å². The standard InChI is InChI=1S/C11H11FS/c1-9-5-4-7-10(11(9)12)6-2-3-8-13/h4-5,7,13H,3,8H2,1H3. The van der Waals surface area contributed by atoms with Crippen LogP contribution in [0.15, 0.2) is 18.2 Å². The summed E-state index contributed by atoms with van der Waals surface area (Å²) in [6.07, 6.45) is 0.691. The molecule has 0 radical (unpaired) electrons. The van der Waals surface area contributed by atoms with Crippen LogP contribution >= 0.6 is 12.6 Å². The third-order valence-electron chi connectivity index (χ3n) is 1.65. The maximum absolute atomic E-state index is 13.3. The van der Waals surface area contributed by atoms with Crippen molar-refractivity contribution in [3.8, 4) is 11.8 Å². The maximum Gasteiger partial charge on any atom is 0.141 e.